The summed E-state index contributed by atoms with van der Waals surface area (Å²) in [6.07, 6.45) is 5.63. The van der Waals surface area contributed by atoms with Crippen molar-refractivity contribution in [2.45, 2.75) is 39.7 Å². The van der Waals surface area contributed by atoms with E-state index >= 15 is 0 Å². The van der Waals surface area contributed by atoms with Gasteiger partial charge in [-0.2, -0.15) is 0 Å². The van der Waals surface area contributed by atoms with E-state index in [2.05, 4.69) is 34.0 Å². The summed E-state index contributed by atoms with van der Waals surface area (Å²) < 4.78 is 0. The highest BCUT2D eigenvalue weighted by Crippen LogP contribution is 2.36. The lowest BCUT2D eigenvalue weighted by Crippen LogP contribution is -2.40. The number of rotatable bonds is 4. The van der Waals surface area contributed by atoms with Crippen LogP contribution in [0.5, 0.6) is 0 Å². The van der Waals surface area contributed by atoms with E-state index < -0.39 is 0 Å². The zero-order chi connectivity index (χ0) is 13.7. The molecule has 0 aliphatic carbocycles. The van der Waals surface area contributed by atoms with Gasteiger partial charge >= 0.3 is 0 Å². The molecule has 0 saturated carbocycles. The van der Waals surface area contributed by atoms with Gasteiger partial charge < -0.3 is 10.2 Å². The molecule has 0 amide bonds. The van der Waals surface area contributed by atoms with Gasteiger partial charge in [0.2, 0.25) is 0 Å². The first-order chi connectivity index (χ1) is 9.23. The van der Waals surface area contributed by atoms with Crippen LogP contribution in [0.1, 0.15) is 38.1 Å². The van der Waals surface area contributed by atoms with Crippen molar-refractivity contribution in [1.82, 2.24) is 15.2 Å². The number of aromatic nitrogens is 1. The first kappa shape index (κ1) is 17.7. The molecule has 1 aromatic heterocycles. The fourth-order valence-electron chi connectivity index (χ4n) is 2.77. The van der Waals surface area contributed by atoms with Crippen LogP contribution in [-0.4, -0.2) is 36.0 Å². The van der Waals surface area contributed by atoms with E-state index in [1.54, 1.807) is 11.3 Å². The molecule has 0 aromatic carbocycles. The molecule has 1 saturated heterocycles. The first-order valence-corrected chi connectivity index (χ1v) is 7.95. The molecular weight excluding hydrogens is 383 g/mol. The molecule has 1 aliphatic rings. The Bertz CT molecular complexity index is 415. The third-order valence-corrected chi connectivity index (χ3v) is 5.11. The molecule has 0 bridgehead atoms. The van der Waals surface area contributed by atoms with Crippen LogP contribution in [0.2, 0.25) is 0 Å². The SMILES string of the molecule is CCC1(CC)CCN(C(=NC)NCc2nccs2)C1.I. The topological polar surface area (TPSA) is 40.5 Å². The molecule has 0 radical (unpaired) electrons. The second kappa shape index (κ2) is 8.17. The number of halogens is 1. The molecule has 0 unspecified atom stereocenters. The Morgan fingerprint density at radius 1 is 1.50 bits per heavy atom. The van der Waals surface area contributed by atoms with E-state index in [0.29, 0.717) is 5.41 Å². The van der Waals surface area contributed by atoms with Crippen molar-refractivity contribution in [1.29, 1.82) is 0 Å². The Kier molecular flexibility index (Phi) is 7.22. The van der Waals surface area contributed by atoms with E-state index in [9.17, 15) is 0 Å². The average molecular weight is 408 g/mol. The van der Waals surface area contributed by atoms with E-state index in [4.69, 9.17) is 0 Å². The van der Waals surface area contributed by atoms with E-state index in [-0.39, 0.29) is 24.0 Å². The van der Waals surface area contributed by atoms with Gasteiger partial charge in [0.25, 0.3) is 0 Å². The largest absolute Gasteiger partial charge is 0.350 e. The minimum atomic E-state index is 0. The number of nitrogens with zero attached hydrogens (tertiary/aromatic N) is 3. The summed E-state index contributed by atoms with van der Waals surface area (Å²) >= 11 is 1.68. The highest BCUT2D eigenvalue weighted by molar-refractivity contribution is 14.0. The highest BCUT2D eigenvalue weighted by Gasteiger charge is 2.36. The van der Waals surface area contributed by atoms with Crippen LogP contribution < -0.4 is 5.32 Å². The molecule has 1 aromatic rings. The fraction of sp³-hybridized carbons (Fsp3) is 0.714. The minimum absolute atomic E-state index is 0. The maximum Gasteiger partial charge on any atom is 0.194 e. The third-order valence-electron chi connectivity index (χ3n) is 4.33. The molecule has 1 fully saturated rings. The summed E-state index contributed by atoms with van der Waals surface area (Å²) in [6.45, 7) is 7.61. The van der Waals surface area contributed by atoms with E-state index in [1.807, 2.05) is 18.6 Å². The summed E-state index contributed by atoms with van der Waals surface area (Å²) in [4.78, 5) is 11.1. The summed E-state index contributed by atoms with van der Waals surface area (Å²) in [5, 5.41) is 6.54. The van der Waals surface area contributed by atoms with Crippen LogP contribution in [0.15, 0.2) is 16.6 Å². The third kappa shape index (κ3) is 4.07. The monoisotopic (exact) mass is 408 g/mol. The number of hydrogen-bond acceptors (Lipinski definition) is 3. The van der Waals surface area contributed by atoms with Crippen LogP contribution in [0, 0.1) is 5.41 Å². The molecule has 1 aliphatic heterocycles. The van der Waals surface area contributed by atoms with Gasteiger partial charge in [-0.1, -0.05) is 13.8 Å². The summed E-state index contributed by atoms with van der Waals surface area (Å²) in [5.74, 6) is 1.01. The second-order valence-electron chi connectivity index (χ2n) is 5.21. The maximum absolute atomic E-state index is 4.41. The van der Waals surface area contributed by atoms with Crippen LogP contribution in [0.3, 0.4) is 0 Å². The second-order valence-corrected chi connectivity index (χ2v) is 6.18. The lowest BCUT2D eigenvalue weighted by Gasteiger charge is -2.27. The van der Waals surface area contributed by atoms with Crippen LogP contribution in [-0.2, 0) is 6.54 Å². The van der Waals surface area contributed by atoms with Crippen molar-refractivity contribution in [2.24, 2.45) is 10.4 Å². The predicted octanol–water partition coefficient (Wildman–Crippen LogP) is 3.35. The molecule has 20 heavy (non-hydrogen) atoms. The standard InChI is InChI=1S/C14H24N4S.HI/c1-4-14(5-2)6-8-18(11-14)13(15-3)17-10-12-16-7-9-19-12;/h7,9H,4-6,8,10-11H2,1-3H3,(H,15,17);1H. The molecule has 0 spiro atoms. The lowest BCUT2D eigenvalue weighted by molar-refractivity contribution is 0.276. The smallest absolute Gasteiger partial charge is 0.194 e. The van der Waals surface area contributed by atoms with Gasteiger partial charge in [0.1, 0.15) is 5.01 Å². The van der Waals surface area contributed by atoms with Crippen LogP contribution >= 0.6 is 35.3 Å². The molecular formula is C14H25IN4S. The fourth-order valence-corrected chi connectivity index (χ4v) is 3.33. The Balaban J connectivity index is 0.00000200. The molecule has 6 heteroatoms. The number of nitrogens with one attached hydrogen (secondary N) is 1. The van der Waals surface area contributed by atoms with Crippen LogP contribution in [0.4, 0.5) is 0 Å². The van der Waals surface area contributed by atoms with Gasteiger partial charge in [0.15, 0.2) is 5.96 Å². The summed E-state index contributed by atoms with van der Waals surface area (Å²) in [7, 11) is 1.86. The van der Waals surface area contributed by atoms with E-state index in [1.165, 1.54) is 19.3 Å². The number of aliphatic imine (C=N–C) groups is 1. The van der Waals surface area contributed by atoms with Gasteiger partial charge in [-0.25, -0.2) is 4.98 Å². The van der Waals surface area contributed by atoms with E-state index in [0.717, 1.165) is 30.6 Å². The predicted molar refractivity (Wildman–Crippen MR) is 96.9 cm³/mol. The highest BCUT2D eigenvalue weighted by atomic mass is 127. The Morgan fingerprint density at radius 3 is 2.75 bits per heavy atom. The molecule has 4 nitrogen and oxygen atoms in total. The van der Waals surface area contributed by atoms with Gasteiger partial charge in [0.05, 0.1) is 6.54 Å². The Morgan fingerprint density at radius 2 is 2.25 bits per heavy atom. The van der Waals surface area contributed by atoms with Crippen molar-refractivity contribution in [3.05, 3.63) is 16.6 Å². The van der Waals surface area contributed by atoms with Crippen LogP contribution in [0.25, 0.3) is 0 Å². The number of guanidine groups is 1. The zero-order valence-corrected chi connectivity index (χ0v) is 15.7. The van der Waals surface area contributed by atoms with Gasteiger partial charge in [-0.3, -0.25) is 4.99 Å². The Labute approximate surface area is 143 Å². The molecule has 1 N–H and O–H groups in total. The molecule has 0 atom stereocenters. The first-order valence-electron chi connectivity index (χ1n) is 7.07. The molecule has 2 rings (SSSR count). The number of hydrogen-bond donors (Lipinski definition) is 1. The number of likely N-dealkylation sites (tertiary alicyclic amines) is 1. The van der Waals surface area contributed by atoms with Gasteiger partial charge in [-0.05, 0) is 24.7 Å². The quantitative estimate of drug-likeness (QED) is 0.472. The maximum atomic E-state index is 4.41. The van der Waals surface area contributed by atoms with Crippen molar-refractivity contribution < 1.29 is 0 Å². The number of thiazole rings is 1. The average Bonchev–Trinajstić information content (AvgIpc) is 3.09. The van der Waals surface area contributed by atoms with Crippen molar-refractivity contribution in [3.8, 4) is 0 Å². The summed E-state index contributed by atoms with van der Waals surface area (Å²) in [6, 6.07) is 0. The van der Waals surface area contributed by atoms with Gasteiger partial charge in [-0.15, -0.1) is 35.3 Å². The minimum Gasteiger partial charge on any atom is -0.350 e. The zero-order valence-electron chi connectivity index (χ0n) is 12.6. The summed E-state index contributed by atoms with van der Waals surface area (Å²) in [5.41, 5.74) is 0.485. The van der Waals surface area contributed by atoms with Gasteiger partial charge in [0, 0.05) is 31.7 Å². The van der Waals surface area contributed by atoms with Crippen molar-refractivity contribution in [3.63, 3.8) is 0 Å². The Hall–Kier alpha value is -0.370. The van der Waals surface area contributed by atoms with Crippen molar-refractivity contribution >= 4 is 41.3 Å². The molecule has 2 heterocycles. The van der Waals surface area contributed by atoms with Crippen molar-refractivity contribution in [2.75, 3.05) is 20.1 Å². The molecule has 114 valence electrons. The normalized spacial score (nSPS) is 17.9. The lowest BCUT2D eigenvalue weighted by atomic mass is 9.82.